The molecular formula is C22H18FN3O3. The molecule has 0 unspecified atom stereocenters. The number of anilines is 1. The average Bonchev–Trinajstić information content (AvgIpc) is 2.74. The molecule has 4 rings (SSSR count). The van der Waals surface area contributed by atoms with Gasteiger partial charge < -0.3 is 4.74 Å². The molecule has 0 aliphatic heterocycles. The number of carbonyl (C=O) groups is 2. The van der Waals surface area contributed by atoms with E-state index in [2.05, 4.69) is 15.3 Å². The predicted octanol–water partition coefficient (Wildman–Crippen LogP) is 3.79. The maximum atomic E-state index is 13.2. The summed E-state index contributed by atoms with van der Waals surface area (Å²) in [7, 11) is 1.55. The van der Waals surface area contributed by atoms with Crippen molar-refractivity contribution >= 4 is 17.6 Å². The summed E-state index contributed by atoms with van der Waals surface area (Å²) < 4.78 is 18.3. The summed E-state index contributed by atoms with van der Waals surface area (Å²) in [6, 6.07) is 12.8. The van der Waals surface area contributed by atoms with E-state index in [9.17, 15) is 14.0 Å². The van der Waals surface area contributed by atoms with Crippen LogP contribution in [-0.2, 0) is 6.42 Å². The highest BCUT2D eigenvalue weighted by Gasteiger charge is 2.28. The van der Waals surface area contributed by atoms with Crippen LogP contribution in [0.3, 0.4) is 0 Å². The Morgan fingerprint density at radius 1 is 1.10 bits per heavy atom. The van der Waals surface area contributed by atoms with Crippen LogP contribution in [0.4, 0.5) is 10.3 Å². The zero-order valence-electron chi connectivity index (χ0n) is 15.7. The van der Waals surface area contributed by atoms with Gasteiger partial charge in [0.05, 0.1) is 18.4 Å². The van der Waals surface area contributed by atoms with E-state index in [1.165, 1.54) is 18.3 Å². The van der Waals surface area contributed by atoms with Gasteiger partial charge in [0.25, 0.3) is 5.91 Å². The molecule has 0 saturated heterocycles. The Morgan fingerprint density at radius 2 is 1.83 bits per heavy atom. The molecular weight excluding hydrogens is 373 g/mol. The Morgan fingerprint density at radius 3 is 2.52 bits per heavy atom. The Labute approximate surface area is 166 Å². The quantitative estimate of drug-likeness (QED) is 0.732. The van der Waals surface area contributed by atoms with Crippen molar-refractivity contribution in [2.75, 3.05) is 12.4 Å². The molecule has 2 aromatic carbocycles. The number of nitrogens with zero attached hydrogens (tertiary/aromatic N) is 2. The number of Topliss-reactive ketones (excluding diaryl/α,β-unsaturated/α-hetero) is 1. The molecule has 1 heterocycles. The van der Waals surface area contributed by atoms with E-state index in [-0.39, 0.29) is 29.4 Å². The highest BCUT2D eigenvalue weighted by molar-refractivity contribution is 6.03. The van der Waals surface area contributed by atoms with Crippen molar-refractivity contribution in [3.8, 4) is 5.75 Å². The number of nitrogens with one attached hydrogen (secondary N) is 1. The molecule has 0 fully saturated rings. The van der Waals surface area contributed by atoms with Crippen LogP contribution in [0.1, 0.15) is 44.3 Å². The first-order chi connectivity index (χ1) is 14.0. The minimum Gasteiger partial charge on any atom is -0.497 e. The molecule has 1 aliphatic carbocycles. The number of halogens is 1. The number of aromatic nitrogens is 2. The molecule has 7 heteroatoms. The molecule has 6 nitrogen and oxygen atoms in total. The van der Waals surface area contributed by atoms with Crippen molar-refractivity contribution in [1.29, 1.82) is 0 Å². The molecule has 0 spiro atoms. The third-order valence-corrected chi connectivity index (χ3v) is 4.96. The summed E-state index contributed by atoms with van der Waals surface area (Å²) in [5.41, 5.74) is 2.36. The third-order valence-electron chi connectivity index (χ3n) is 4.96. The fourth-order valence-electron chi connectivity index (χ4n) is 3.39. The van der Waals surface area contributed by atoms with Crippen molar-refractivity contribution in [2.24, 2.45) is 0 Å². The van der Waals surface area contributed by atoms with E-state index in [4.69, 9.17) is 4.74 Å². The zero-order chi connectivity index (χ0) is 20.4. The van der Waals surface area contributed by atoms with Gasteiger partial charge >= 0.3 is 0 Å². The van der Waals surface area contributed by atoms with Gasteiger partial charge in [-0.25, -0.2) is 14.4 Å². The topological polar surface area (TPSA) is 81.2 Å². The van der Waals surface area contributed by atoms with E-state index in [1.54, 1.807) is 43.5 Å². The van der Waals surface area contributed by atoms with Crippen LogP contribution >= 0.6 is 0 Å². The minimum absolute atomic E-state index is 0.0615. The zero-order valence-corrected chi connectivity index (χ0v) is 15.7. The van der Waals surface area contributed by atoms with Crippen molar-refractivity contribution in [1.82, 2.24) is 9.97 Å². The van der Waals surface area contributed by atoms with Crippen molar-refractivity contribution < 1.29 is 18.7 Å². The van der Waals surface area contributed by atoms with Gasteiger partial charge in [0.15, 0.2) is 5.78 Å². The maximum absolute atomic E-state index is 13.2. The van der Waals surface area contributed by atoms with Crippen LogP contribution in [0.2, 0.25) is 0 Å². The third kappa shape index (κ3) is 3.99. The van der Waals surface area contributed by atoms with Crippen LogP contribution in [-0.4, -0.2) is 28.8 Å². The van der Waals surface area contributed by atoms with E-state index >= 15 is 0 Å². The molecule has 0 radical (unpaired) electrons. The SMILES string of the molecule is COc1ccc(C(=O)Nc2ncc3c(n2)C[C@H](c2ccc(F)cc2)CC3=O)cc1. The molecule has 1 aromatic heterocycles. The van der Waals surface area contributed by atoms with E-state index in [0.29, 0.717) is 35.4 Å². The Balaban J connectivity index is 1.54. The molecule has 146 valence electrons. The number of fused-ring (bicyclic) bond motifs is 1. The molecule has 1 aliphatic rings. The van der Waals surface area contributed by atoms with Crippen LogP contribution in [0.15, 0.2) is 54.7 Å². The molecule has 3 aromatic rings. The largest absolute Gasteiger partial charge is 0.497 e. The Hall–Kier alpha value is -3.61. The van der Waals surface area contributed by atoms with Gasteiger partial charge in [0, 0.05) is 18.2 Å². The van der Waals surface area contributed by atoms with Crippen molar-refractivity contribution in [3.05, 3.63) is 82.9 Å². The number of ether oxygens (including phenoxy) is 1. The second-order valence-corrected chi connectivity index (χ2v) is 6.82. The highest BCUT2D eigenvalue weighted by Crippen LogP contribution is 2.32. The van der Waals surface area contributed by atoms with E-state index in [0.717, 1.165) is 5.56 Å². The molecule has 1 N–H and O–H groups in total. The van der Waals surface area contributed by atoms with Crippen LogP contribution < -0.4 is 10.1 Å². The number of amides is 1. The first kappa shape index (κ1) is 18.7. The molecule has 0 bridgehead atoms. The number of hydrogen-bond acceptors (Lipinski definition) is 5. The van der Waals surface area contributed by atoms with Crippen LogP contribution in [0, 0.1) is 5.82 Å². The van der Waals surface area contributed by atoms with E-state index in [1.807, 2.05) is 0 Å². The van der Waals surface area contributed by atoms with Crippen LogP contribution in [0.5, 0.6) is 5.75 Å². The Kier molecular flexibility index (Phi) is 5.03. The lowest BCUT2D eigenvalue weighted by Crippen LogP contribution is -2.22. The minimum atomic E-state index is -0.357. The summed E-state index contributed by atoms with van der Waals surface area (Å²) in [5, 5.41) is 2.66. The standard InChI is InChI=1S/C22H18FN3O3/c1-29-17-8-4-14(5-9-17)21(28)26-22-24-12-18-19(25-22)10-15(11-20(18)27)13-2-6-16(23)7-3-13/h2-9,12,15H,10-11H2,1H3,(H,24,25,26,28)/t15-/m0/s1. The van der Waals surface area contributed by atoms with Gasteiger partial charge in [0.1, 0.15) is 11.6 Å². The maximum Gasteiger partial charge on any atom is 0.258 e. The van der Waals surface area contributed by atoms with Gasteiger partial charge in [-0.15, -0.1) is 0 Å². The van der Waals surface area contributed by atoms with Gasteiger partial charge in [-0.3, -0.25) is 14.9 Å². The lowest BCUT2D eigenvalue weighted by Gasteiger charge is -2.23. The first-order valence-electron chi connectivity index (χ1n) is 9.13. The molecule has 0 saturated carbocycles. The predicted molar refractivity (Wildman–Crippen MR) is 105 cm³/mol. The molecule has 1 atom stereocenters. The van der Waals surface area contributed by atoms with Gasteiger partial charge in [-0.05, 0) is 54.3 Å². The van der Waals surface area contributed by atoms with E-state index < -0.39 is 0 Å². The summed E-state index contributed by atoms with van der Waals surface area (Å²) in [4.78, 5) is 33.4. The number of ketones is 1. The lowest BCUT2D eigenvalue weighted by molar-refractivity contribution is 0.0962. The summed E-state index contributed by atoms with van der Waals surface area (Å²) in [5.74, 6) is -0.0368. The average molecular weight is 391 g/mol. The monoisotopic (exact) mass is 391 g/mol. The number of benzene rings is 2. The second kappa shape index (κ2) is 7.79. The Bertz CT molecular complexity index is 1070. The number of carbonyl (C=O) groups excluding carboxylic acids is 2. The van der Waals surface area contributed by atoms with Crippen LogP contribution in [0.25, 0.3) is 0 Å². The van der Waals surface area contributed by atoms with Crippen molar-refractivity contribution in [3.63, 3.8) is 0 Å². The molecule has 1 amide bonds. The summed E-state index contributed by atoms with van der Waals surface area (Å²) >= 11 is 0. The first-order valence-corrected chi connectivity index (χ1v) is 9.13. The van der Waals surface area contributed by atoms with Gasteiger partial charge in [-0.1, -0.05) is 12.1 Å². The van der Waals surface area contributed by atoms with Crippen molar-refractivity contribution in [2.45, 2.75) is 18.8 Å². The molecule has 29 heavy (non-hydrogen) atoms. The smallest absolute Gasteiger partial charge is 0.258 e. The number of methoxy groups -OCH3 is 1. The summed E-state index contributed by atoms with van der Waals surface area (Å²) in [6.07, 6.45) is 2.29. The number of hydrogen-bond donors (Lipinski definition) is 1. The number of rotatable bonds is 4. The van der Waals surface area contributed by atoms with Gasteiger partial charge in [0.2, 0.25) is 5.95 Å². The lowest BCUT2D eigenvalue weighted by atomic mass is 9.82. The van der Waals surface area contributed by atoms with Gasteiger partial charge in [-0.2, -0.15) is 0 Å². The normalized spacial score (nSPS) is 15.5. The fraction of sp³-hybridized carbons (Fsp3) is 0.182. The second-order valence-electron chi connectivity index (χ2n) is 6.82. The summed E-state index contributed by atoms with van der Waals surface area (Å²) in [6.45, 7) is 0. The fourth-order valence-corrected chi connectivity index (χ4v) is 3.39. The highest BCUT2D eigenvalue weighted by atomic mass is 19.1.